The van der Waals surface area contributed by atoms with Crippen LogP contribution in [0.15, 0.2) is 36.8 Å². The molecule has 0 spiro atoms. The number of anilines is 1. The first-order valence-corrected chi connectivity index (χ1v) is 10.8. The lowest BCUT2D eigenvalue weighted by molar-refractivity contribution is 0.462. The second-order valence-corrected chi connectivity index (χ2v) is 8.59. The maximum atomic E-state index is 5.70. The molecule has 5 rings (SSSR count). The van der Waals surface area contributed by atoms with Crippen LogP contribution >= 0.6 is 11.3 Å². The van der Waals surface area contributed by atoms with Gasteiger partial charge in [-0.1, -0.05) is 36.7 Å². The number of fused-ring (bicyclic) bond motifs is 2. The van der Waals surface area contributed by atoms with Crippen LogP contribution in [-0.4, -0.2) is 25.6 Å². The molecule has 0 amide bonds. The van der Waals surface area contributed by atoms with Crippen LogP contribution < -0.4 is 11.1 Å². The molecule has 4 aromatic rings. The Morgan fingerprint density at radius 1 is 1.07 bits per heavy atom. The first-order chi connectivity index (χ1) is 13.8. The molecule has 0 saturated heterocycles. The van der Waals surface area contributed by atoms with Crippen molar-refractivity contribution in [2.24, 2.45) is 5.73 Å². The van der Waals surface area contributed by atoms with Crippen molar-refractivity contribution in [3.63, 3.8) is 0 Å². The van der Waals surface area contributed by atoms with Gasteiger partial charge in [0.05, 0.1) is 23.1 Å². The van der Waals surface area contributed by atoms with Gasteiger partial charge in [0.15, 0.2) is 10.8 Å². The molecular formula is C21H24N6S. The van der Waals surface area contributed by atoms with Gasteiger partial charge in [-0.2, -0.15) is 0 Å². The largest absolute Gasteiger partial charge is 0.359 e. The van der Waals surface area contributed by atoms with Gasteiger partial charge >= 0.3 is 0 Å². The number of aromatic nitrogens is 4. The van der Waals surface area contributed by atoms with Crippen LogP contribution in [-0.2, 0) is 13.1 Å². The smallest absolute Gasteiger partial charge is 0.184 e. The van der Waals surface area contributed by atoms with E-state index in [9.17, 15) is 0 Å². The minimum Gasteiger partial charge on any atom is -0.359 e. The lowest BCUT2D eigenvalue weighted by Gasteiger charge is -2.22. The van der Waals surface area contributed by atoms with Crippen LogP contribution in [0.5, 0.6) is 0 Å². The Hall–Kier alpha value is -2.51. The zero-order chi connectivity index (χ0) is 18.9. The Bertz CT molecular complexity index is 1110. The molecule has 0 atom stereocenters. The van der Waals surface area contributed by atoms with Crippen LogP contribution in [0.25, 0.3) is 21.4 Å². The molecule has 0 bridgehead atoms. The number of hydrogen-bond donors (Lipinski definition) is 2. The number of imidazole rings is 1. The van der Waals surface area contributed by atoms with Crippen molar-refractivity contribution in [1.82, 2.24) is 19.5 Å². The summed E-state index contributed by atoms with van der Waals surface area (Å²) in [5, 5.41) is 4.69. The van der Waals surface area contributed by atoms with E-state index in [-0.39, 0.29) is 0 Å². The predicted molar refractivity (Wildman–Crippen MR) is 115 cm³/mol. The normalized spacial score (nSPS) is 15.5. The first-order valence-electron chi connectivity index (χ1n) is 9.94. The highest BCUT2D eigenvalue weighted by molar-refractivity contribution is 7.22. The summed E-state index contributed by atoms with van der Waals surface area (Å²) in [7, 11) is 0. The molecular weight excluding hydrogens is 368 g/mol. The fraction of sp³-hybridized carbons (Fsp3) is 0.381. The van der Waals surface area contributed by atoms with E-state index in [1.54, 1.807) is 11.3 Å². The van der Waals surface area contributed by atoms with Crippen LogP contribution in [0.3, 0.4) is 0 Å². The number of nitrogens with two attached hydrogens (primary N) is 1. The molecule has 0 radical (unpaired) electrons. The zero-order valence-corrected chi connectivity index (χ0v) is 16.6. The van der Waals surface area contributed by atoms with Gasteiger partial charge in [0, 0.05) is 18.8 Å². The Kier molecular flexibility index (Phi) is 4.70. The molecule has 1 aliphatic rings. The highest BCUT2D eigenvalue weighted by Crippen LogP contribution is 2.30. The van der Waals surface area contributed by atoms with Crippen LogP contribution in [0.1, 0.15) is 43.2 Å². The first kappa shape index (κ1) is 17.6. The van der Waals surface area contributed by atoms with Crippen molar-refractivity contribution in [3.8, 4) is 0 Å². The van der Waals surface area contributed by atoms with E-state index in [0.717, 1.165) is 33.9 Å². The lowest BCUT2D eigenvalue weighted by Crippen LogP contribution is -2.21. The Morgan fingerprint density at radius 3 is 2.82 bits per heavy atom. The quantitative estimate of drug-likeness (QED) is 0.529. The molecule has 1 saturated carbocycles. The number of thiazole rings is 1. The predicted octanol–water partition coefficient (Wildman–Crippen LogP) is 4.29. The topological polar surface area (TPSA) is 81.7 Å². The highest BCUT2D eigenvalue weighted by atomic mass is 32.1. The lowest BCUT2D eigenvalue weighted by atomic mass is 9.96. The number of nitrogens with one attached hydrogen (secondary N) is 1. The standard InChI is InChI=1S/C21H24N6S/c22-10-15-8-18-20(23-11-15)27(13-24-18)12-14-6-7-17-19(9-14)28-21(26-17)25-16-4-2-1-3-5-16/h6-9,11,13,16H,1-5,10,12,22H2,(H,25,26). The van der Waals surface area contributed by atoms with Gasteiger partial charge in [-0.25, -0.2) is 15.0 Å². The molecule has 3 aromatic heterocycles. The molecule has 1 fully saturated rings. The Labute approximate surface area is 167 Å². The van der Waals surface area contributed by atoms with E-state index in [1.807, 2.05) is 18.6 Å². The van der Waals surface area contributed by atoms with Crippen LogP contribution in [0.4, 0.5) is 5.13 Å². The molecule has 1 aliphatic carbocycles. The SMILES string of the molecule is NCc1cnc2c(c1)ncn2Cc1ccc2nc(NC3CCCCC3)sc2c1. The van der Waals surface area contributed by atoms with Crippen molar-refractivity contribution in [1.29, 1.82) is 0 Å². The second kappa shape index (κ2) is 7.48. The summed E-state index contributed by atoms with van der Waals surface area (Å²) < 4.78 is 3.30. The average Bonchev–Trinajstić information content (AvgIpc) is 3.31. The van der Waals surface area contributed by atoms with Crippen molar-refractivity contribution in [2.75, 3.05) is 5.32 Å². The molecule has 3 N–H and O–H groups in total. The third-order valence-corrected chi connectivity index (χ3v) is 6.44. The maximum Gasteiger partial charge on any atom is 0.184 e. The summed E-state index contributed by atoms with van der Waals surface area (Å²) in [4.78, 5) is 13.8. The number of benzene rings is 1. The van der Waals surface area contributed by atoms with Gasteiger partial charge in [-0.05, 0) is 42.2 Å². The van der Waals surface area contributed by atoms with Crippen LogP contribution in [0, 0.1) is 0 Å². The van der Waals surface area contributed by atoms with E-state index in [0.29, 0.717) is 12.6 Å². The number of rotatable bonds is 5. The minimum atomic E-state index is 0.481. The third kappa shape index (κ3) is 3.47. The highest BCUT2D eigenvalue weighted by Gasteiger charge is 2.15. The number of hydrogen-bond acceptors (Lipinski definition) is 6. The molecule has 3 heterocycles. The monoisotopic (exact) mass is 392 g/mol. The fourth-order valence-corrected chi connectivity index (χ4v) is 4.97. The van der Waals surface area contributed by atoms with E-state index < -0.39 is 0 Å². The Balaban J connectivity index is 1.37. The summed E-state index contributed by atoms with van der Waals surface area (Å²) in [6, 6.07) is 9.09. The average molecular weight is 393 g/mol. The van der Waals surface area contributed by atoms with Gasteiger partial charge in [0.1, 0.15) is 5.52 Å². The van der Waals surface area contributed by atoms with Gasteiger partial charge in [-0.15, -0.1) is 0 Å². The number of pyridine rings is 1. The summed E-state index contributed by atoms with van der Waals surface area (Å²) in [6.07, 6.45) is 10.2. The Morgan fingerprint density at radius 2 is 1.96 bits per heavy atom. The van der Waals surface area contributed by atoms with Gasteiger partial charge < -0.3 is 15.6 Å². The van der Waals surface area contributed by atoms with Crippen molar-refractivity contribution < 1.29 is 0 Å². The van der Waals surface area contributed by atoms with Crippen molar-refractivity contribution in [2.45, 2.75) is 51.2 Å². The zero-order valence-electron chi connectivity index (χ0n) is 15.8. The number of nitrogens with zero attached hydrogens (tertiary/aromatic N) is 4. The van der Waals surface area contributed by atoms with Crippen molar-refractivity contribution >= 4 is 37.8 Å². The van der Waals surface area contributed by atoms with Gasteiger partial charge in [0.25, 0.3) is 0 Å². The third-order valence-electron chi connectivity index (χ3n) is 5.49. The molecule has 28 heavy (non-hydrogen) atoms. The molecule has 0 unspecified atom stereocenters. The van der Waals surface area contributed by atoms with Crippen LogP contribution in [0.2, 0.25) is 0 Å². The van der Waals surface area contributed by atoms with E-state index in [1.165, 1.54) is 42.4 Å². The minimum absolute atomic E-state index is 0.481. The molecule has 0 aliphatic heterocycles. The fourth-order valence-electron chi connectivity index (χ4n) is 3.97. The summed E-state index contributed by atoms with van der Waals surface area (Å²) >= 11 is 1.75. The maximum absolute atomic E-state index is 5.70. The molecule has 1 aromatic carbocycles. The molecule has 144 valence electrons. The second-order valence-electron chi connectivity index (χ2n) is 7.56. The summed E-state index contributed by atoms with van der Waals surface area (Å²) in [5.74, 6) is 0. The van der Waals surface area contributed by atoms with E-state index >= 15 is 0 Å². The van der Waals surface area contributed by atoms with E-state index in [2.05, 4.69) is 38.1 Å². The van der Waals surface area contributed by atoms with Crippen molar-refractivity contribution in [3.05, 3.63) is 47.9 Å². The van der Waals surface area contributed by atoms with Gasteiger partial charge in [0.2, 0.25) is 0 Å². The van der Waals surface area contributed by atoms with Gasteiger partial charge in [-0.3, -0.25) is 0 Å². The molecule has 7 heteroatoms. The van der Waals surface area contributed by atoms with E-state index in [4.69, 9.17) is 10.7 Å². The summed E-state index contributed by atoms with van der Waals surface area (Å²) in [6.45, 7) is 1.22. The summed E-state index contributed by atoms with van der Waals surface area (Å²) in [5.41, 5.74) is 10.8. The molecule has 6 nitrogen and oxygen atoms in total.